The number of ether oxygens (including phenoxy) is 1. The van der Waals surface area contributed by atoms with Crippen LogP contribution in [0.5, 0.6) is 0 Å². The molecule has 1 aliphatic heterocycles. The molecule has 0 aromatic rings. The molecular formula is C11H21NOS. The lowest BCUT2D eigenvalue weighted by Crippen LogP contribution is -2.20. The lowest BCUT2D eigenvalue weighted by Gasteiger charge is -2.21. The van der Waals surface area contributed by atoms with Crippen LogP contribution < -0.4 is 5.32 Å². The fourth-order valence-corrected chi connectivity index (χ4v) is 2.93. The number of hydrogen-bond acceptors (Lipinski definition) is 3. The predicted molar refractivity (Wildman–Crippen MR) is 61.9 cm³/mol. The van der Waals surface area contributed by atoms with E-state index in [1.807, 2.05) is 0 Å². The van der Waals surface area contributed by atoms with Crippen LogP contribution in [-0.4, -0.2) is 36.8 Å². The average Bonchev–Trinajstić information content (AvgIpc) is 3.03. The van der Waals surface area contributed by atoms with Gasteiger partial charge in [-0.3, -0.25) is 0 Å². The van der Waals surface area contributed by atoms with Gasteiger partial charge >= 0.3 is 0 Å². The Morgan fingerprint density at radius 3 is 2.64 bits per heavy atom. The molecule has 1 N–H and O–H groups in total. The zero-order valence-electron chi connectivity index (χ0n) is 8.84. The summed E-state index contributed by atoms with van der Waals surface area (Å²) in [5.41, 5.74) is 0. The maximum atomic E-state index is 5.34. The van der Waals surface area contributed by atoms with E-state index in [4.69, 9.17) is 4.74 Å². The third kappa shape index (κ3) is 4.20. The highest BCUT2D eigenvalue weighted by Gasteiger charge is 2.19. The number of rotatable bonds is 6. The van der Waals surface area contributed by atoms with Crippen molar-refractivity contribution in [1.82, 2.24) is 5.32 Å². The van der Waals surface area contributed by atoms with Crippen LogP contribution in [-0.2, 0) is 4.74 Å². The van der Waals surface area contributed by atoms with Gasteiger partial charge in [-0.25, -0.2) is 0 Å². The van der Waals surface area contributed by atoms with E-state index in [1.165, 1.54) is 44.4 Å². The van der Waals surface area contributed by atoms with Crippen molar-refractivity contribution in [1.29, 1.82) is 0 Å². The van der Waals surface area contributed by atoms with E-state index >= 15 is 0 Å². The van der Waals surface area contributed by atoms with E-state index in [0.717, 1.165) is 24.5 Å². The minimum atomic E-state index is 0.878. The van der Waals surface area contributed by atoms with Crippen molar-refractivity contribution in [3.63, 3.8) is 0 Å². The lowest BCUT2D eigenvalue weighted by atomic mass is 10.2. The Bertz CT molecular complexity index is 155. The first kappa shape index (κ1) is 10.8. The Hall–Kier alpha value is 0.270. The Labute approximate surface area is 91.2 Å². The molecule has 2 nitrogen and oxygen atoms in total. The van der Waals surface area contributed by atoms with Crippen LogP contribution in [0.4, 0.5) is 0 Å². The highest BCUT2D eigenvalue weighted by Crippen LogP contribution is 2.22. The standard InChI is InChI=1S/C11H21NOS/c1(6-12-10-2-3-10)9-14-11-4-7-13-8-5-11/h10-12H,1-9H2. The van der Waals surface area contributed by atoms with E-state index < -0.39 is 0 Å². The van der Waals surface area contributed by atoms with E-state index in [1.54, 1.807) is 0 Å². The molecule has 1 saturated carbocycles. The first-order chi connectivity index (χ1) is 6.95. The Morgan fingerprint density at radius 2 is 1.93 bits per heavy atom. The summed E-state index contributed by atoms with van der Waals surface area (Å²) in [5, 5.41) is 4.44. The summed E-state index contributed by atoms with van der Waals surface area (Å²) in [6.07, 6.45) is 6.68. The monoisotopic (exact) mass is 215 g/mol. The second-order valence-electron chi connectivity index (χ2n) is 4.26. The first-order valence-corrected chi connectivity index (χ1v) is 6.93. The molecule has 0 aromatic carbocycles. The summed E-state index contributed by atoms with van der Waals surface area (Å²) < 4.78 is 5.34. The van der Waals surface area contributed by atoms with Crippen molar-refractivity contribution in [2.24, 2.45) is 0 Å². The molecule has 0 radical (unpaired) electrons. The summed E-state index contributed by atoms with van der Waals surface area (Å²) in [5.74, 6) is 1.32. The molecule has 0 aromatic heterocycles. The van der Waals surface area contributed by atoms with Crippen LogP contribution in [0.1, 0.15) is 32.1 Å². The van der Waals surface area contributed by atoms with Crippen molar-refractivity contribution in [3.05, 3.63) is 0 Å². The van der Waals surface area contributed by atoms with E-state index in [2.05, 4.69) is 17.1 Å². The molecule has 0 unspecified atom stereocenters. The van der Waals surface area contributed by atoms with Crippen LogP contribution in [0.2, 0.25) is 0 Å². The van der Waals surface area contributed by atoms with Crippen LogP contribution in [0.15, 0.2) is 0 Å². The van der Waals surface area contributed by atoms with Gasteiger partial charge in [-0.2, -0.15) is 11.8 Å². The maximum Gasteiger partial charge on any atom is 0.0476 e. The maximum absolute atomic E-state index is 5.34. The van der Waals surface area contributed by atoms with Crippen molar-refractivity contribution >= 4 is 11.8 Å². The molecule has 0 atom stereocenters. The number of thioether (sulfide) groups is 1. The van der Waals surface area contributed by atoms with E-state index in [0.29, 0.717) is 0 Å². The number of nitrogens with one attached hydrogen (secondary N) is 1. The van der Waals surface area contributed by atoms with Crippen LogP contribution >= 0.6 is 11.8 Å². The van der Waals surface area contributed by atoms with Gasteiger partial charge in [0, 0.05) is 24.5 Å². The average molecular weight is 215 g/mol. The third-order valence-corrected chi connectivity index (χ3v) is 4.32. The highest BCUT2D eigenvalue weighted by atomic mass is 32.2. The molecule has 82 valence electrons. The Morgan fingerprint density at radius 1 is 1.14 bits per heavy atom. The molecule has 2 fully saturated rings. The molecule has 14 heavy (non-hydrogen) atoms. The zero-order valence-corrected chi connectivity index (χ0v) is 9.65. The molecule has 3 heteroatoms. The van der Waals surface area contributed by atoms with Gasteiger partial charge in [0.25, 0.3) is 0 Å². The molecule has 2 rings (SSSR count). The molecule has 2 aliphatic rings. The van der Waals surface area contributed by atoms with Crippen molar-refractivity contribution in [2.45, 2.75) is 43.4 Å². The molecule has 0 amide bonds. The van der Waals surface area contributed by atoms with Gasteiger partial charge in [0.2, 0.25) is 0 Å². The predicted octanol–water partition coefficient (Wildman–Crippen LogP) is 2.04. The van der Waals surface area contributed by atoms with Gasteiger partial charge in [0.05, 0.1) is 0 Å². The number of hydrogen-bond donors (Lipinski definition) is 1. The summed E-state index contributed by atoms with van der Waals surface area (Å²) in [4.78, 5) is 0. The van der Waals surface area contributed by atoms with Gasteiger partial charge in [0.1, 0.15) is 0 Å². The molecule has 1 aliphatic carbocycles. The summed E-state index contributed by atoms with van der Waals surface area (Å²) in [7, 11) is 0. The summed E-state index contributed by atoms with van der Waals surface area (Å²) in [6, 6.07) is 0.878. The van der Waals surface area contributed by atoms with Gasteiger partial charge in [-0.05, 0) is 44.4 Å². The van der Waals surface area contributed by atoms with Crippen molar-refractivity contribution in [2.75, 3.05) is 25.5 Å². The molecule has 1 saturated heterocycles. The molecular weight excluding hydrogens is 194 g/mol. The fraction of sp³-hybridized carbons (Fsp3) is 1.00. The van der Waals surface area contributed by atoms with Crippen LogP contribution in [0.3, 0.4) is 0 Å². The largest absolute Gasteiger partial charge is 0.381 e. The van der Waals surface area contributed by atoms with Crippen LogP contribution in [0, 0.1) is 0 Å². The minimum Gasteiger partial charge on any atom is -0.381 e. The minimum absolute atomic E-state index is 0.878. The van der Waals surface area contributed by atoms with Crippen LogP contribution in [0.25, 0.3) is 0 Å². The third-order valence-electron chi connectivity index (χ3n) is 2.85. The summed E-state index contributed by atoms with van der Waals surface area (Å²) >= 11 is 2.15. The Balaban J connectivity index is 1.41. The smallest absolute Gasteiger partial charge is 0.0476 e. The van der Waals surface area contributed by atoms with Gasteiger partial charge in [0.15, 0.2) is 0 Å². The topological polar surface area (TPSA) is 21.3 Å². The van der Waals surface area contributed by atoms with Crippen molar-refractivity contribution < 1.29 is 4.74 Å². The molecule has 0 bridgehead atoms. The Kier molecular flexibility index (Phi) is 4.61. The normalized spacial score (nSPS) is 24.0. The second-order valence-corrected chi connectivity index (χ2v) is 5.67. The highest BCUT2D eigenvalue weighted by molar-refractivity contribution is 7.99. The van der Waals surface area contributed by atoms with E-state index in [-0.39, 0.29) is 0 Å². The summed E-state index contributed by atoms with van der Waals surface area (Å²) in [6.45, 7) is 3.19. The first-order valence-electron chi connectivity index (χ1n) is 5.88. The van der Waals surface area contributed by atoms with Gasteiger partial charge < -0.3 is 10.1 Å². The molecule has 1 heterocycles. The molecule has 0 spiro atoms. The van der Waals surface area contributed by atoms with Gasteiger partial charge in [-0.15, -0.1) is 0 Å². The second kappa shape index (κ2) is 5.99. The lowest BCUT2D eigenvalue weighted by molar-refractivity contribution is 0.100. The van der Waals surface area contributed by atoms with Crippen molar-refractivity contribution in [3.8, 4) is 0 Å². The SMILES string of the molecule is C(CNC1CC1)CSC1CCOCC1. The zero-order chi connectivity index (χ0) is 9.64. The quantitative estimate of drug-likeness (QED) is 0.685. The van der Waals surface area contributed by atoms with Gasteiger partial charge in [-0.1, -0.05) is 0 Å². The van der Waals surface area contributed by atoms with E-state index in [9.17, 15) is 0 Å². The fourth-order valence-electron chi connectivity index (χ4n) is 1.76.